The number of fused-ring (bicyclic) bond motifs is 1. The van der Waals surface area contributed by atoms with Crippen LogP contribution in [0.3, 0.4) is 0 Å². The molecule has 0 bridgehead atoms. The summed E-state index contributed by atoms with van der Waals surface area (Å²) in [7, 11) is 0. The average Bonchev–Trinajstić information content (AvgIpc) is 2.72. The fraction of sp³-hybridized carbons (Fsp3) is 0.214. The molecule has 1 aromatic heterocycles. The standard InChI is InChI=1S/C14H14N2O/c1-10-7-8-12-14(11-5-3-2-4-6-11)15-13(17)9-16(10)12/h2-8,14H,9H2,1H3,(H,15,17). The zero-order valence-corrected chi connectivity index (χ0v) is 9.68. The molecule has 0 fully saturated rings. The summed E-state index contributed by atoms with van der Waals surface area (Å²) in [4.78, 5) is 11.7. The molecular formula is C14H14N2O. The third kappa shape index (κ3) is 1.64. The molecule has 0 spiro atoms. The molecule has 0 aliphatic carbocycles. The van der Waals surface area contributed by atoms with Crippen LogP contribution in [0.4, 0.5) is 0 Å². The van der Waals surface area contributed by atoms with Crippen molar-refractivity contribution in [3.8, 4) is 0 Å². The first-order valence-corrected chi connectivity index (χ1v) is 5.76. The van der Waals surface area contributed by atoms with Crippen LogP contribution in [0.15, 0.2) is 42.5 Å². The van der Waals surface area contributed by atoms with Crippen LogP contribution in [0, 0.1) is 6.92 Å². The Morgan fingerprint density at radius 1 is 1.18 bits per heavy atom. The van der Waals surface area contributed by atoms with Gasteiger partial charge in [0.25, 0.3) is 0 Å². The average molecular weight is 226 g/mol. The molecular weight excluding hydrogens is 212 g/mol. The van der Waals surface area contributed by atoms with Crippen LogP contribution in [-0.4, -0.2) is 10.5 Å². The lowest BCUT2D eigenvalue weighted by atomic mass is 10.0. The number of aromatic nitrogens is 1. The van der Waals surface area contributed by atoms with Crippen molar-refractivity contribution in [1.29, 1.82) is 0 Å². The highest BCUT2D eigenvalue weighted by atomic mass is 16.2. The maximum atomic E-state index is 11.7. The van der Waals surface area contributed by atoms with Gasteiger partial charge in [-0.15, -0.1) is 0 Å². The number of amides is 1. The normalized spacial score (nSPS) is 18.6. The zero-order chi connectivity index (χ0) is 11.8. The molecule has 1 aliphatic heterocycles. The fourth-order valence-corrected chi connectivity index (χ4v) is 2.38. The van der Waals surface area contributed by atoms with Gasteiger partial charge in [-0.05, 0) is 24.6 Å². The van der Waals surface area contributed by atoms with E-state index in [-0.39, 0.29) is 11.9 Å². The molecule has 1 unspecified atom stereocenters. The van der Waals surface area contributed by atoms with E-state index in [9.17, 15) is 4.79 Å². The number of nitrogens with zero attached hydrogens (tertiary/aromatic N) is 1. The first-order valence-electron chi connectivity index (χ1n) is 5.76. The van der Waals surface area contributed by atoms with Gasteiger partial charge in [0.05, 0.1) is 6.04 Å². The molecule has 1 N–H and O–H groups in total. The number of carbonyl (C=O) groups excluding carboxylic acids is 1. The lowest BCUT2D eigenvalue weighted by Gasteiger charge is -2.27. The topological polar surface area (TPSA) is 34.0 Å². The van der Waals surface area contributed by atoms with E-state index in [2.05, 4.69) is 22.0 Å². The predicted molar refractivity (Wildman–Crippen MR) is 65.6 cm³/mol. The van der Waals surface area contributed by atoms with Crippen molar-refractivity contribution >= 4 is 5.91 Å². The van der Waals surface area contributed by atoms with Crippen LogP contribution in [-0.2, 0) is 11.3 Å². The zero-order valence-electron chi connectivity index (χ0n) is 9.68. The van der Waals surface area contributed by atoms with Crippen molar-refractivity contribution in [3.63, 3.8) is 0 Å². The highest BCUT2D eigenvalue weighted by Gasteiger charge is 2.26. The molecule has 1 amide bonds. The largest absolute Gasteiger partial charge is 0.342 e. The van der Waals surface area contributed by atoms with Crippen molar-refractivity contribution in [2.24, 2.45) is 0 Å². The summed E-state index contributed by atoms with van der Waals surface area (Å²) in [6.07, 6.45) is 0. The summed E-state index contributed by atoms with van der Waals surface area (Å²) < 4.78 is 2.08. The number of nitrogens with one attached hydrogen (secondary N) is 1. The van der Waals surface area contributed by atoms with Crippen LogP contribution in [0.1, 0.15) is 23.0 Å². The Hall–Kier alpha value is -2.03. The Labute approximate surface area is 100 Å². The Balaban J connectivity index is 2.10. The molecule has 0 saturated heterocycles. The lowest BCUT2D eigenvalue weighted by Crippen LogP contribution is -2.39. The Morgan fingerprint density at radius 2 is 1.94 bits per heavy atom. The predicted octanol–water partition coefficient (Wildman–Crippen LogP) is 2.02. The number of carbonyl (C=O) groups is 1. The van der Waals surface area contributed by atoms with E-state index in [4.69, 9.17) is 0 Å². The number of hydrogen-bond donors (Lipinski definition) is 1. The molecule has 2 heterocycles. The number of benzene rings is 1. The second-order valence-electron chi connectivity index (χ2n) is 4.40. The Kier molecular flexibility index (Phi) is 2.25. The van der Waals surface area contributed by atoms with Gasteiger partial charge in [0, 0.05) is 11.4 Å². The molecule has 1 aromatic carbocycles. The van der Waals surface area contributed by atoms with Crippen LogP contribution < -0.4 is 5.32 Å². The molecule has 3 nitrogen and oxygen atoms in total. The van der Waals surface area contributed by atoms with E-state index in [0.717, 1.165) is 17.0 Å². The van der Waals surface area contributed by atoms with E-state index in [1.165, 1.54) is 0 Å². The van der Waals surface area contributed by atoms with Crippen LogP contribution >= 0.6 is 0 Å². The van der Waals surface area contributed by atoms with Gasteiger partial charge in [0.2, 0.25) is 5.91 Å². The summed E-state index contributed by atoms with van der Waals surface area (Å²) in [6, 6.07) is 14.2. The molecule has 3 heteroatoms. The summed E-state index contributed by atoms with van der Waals surface area (Å²) in [6.45, 7) is 2.46. The molecule has 0 radical (unpaired) electrons. The fourth-order valence-electron chi connectivity index (χ4n) is 2.38. The van der Waals surface area contributed by atoms with Crippen molar-refractivity contribution in [3.05, 3.63) is 59.4 Å². The SMILES string of the molecule is Cc1ccc2n1CC(=O)NC2c1ccccc1. The second-order valence-corrected chi connectivity index (χ2v) is 4.40. The molecule has 17 heavy (non-hydrogen) atoms. The van der Waals surface area contributed by atoms with Crippen LogP contribution in [0.2, 0.25) is 0 Å². The van der Waals surface area contributed by atoms with E-state index < -0.39 is 0 Å². The number of hydrogen-bond acceptors (Lipinski definition) is 1. The summed E-state index contributed by atoms with van der Waals surface area (Å²) in [5, 5.41) is 3.04. The number of aryl methyl sites for hydroxylation is 1. The first kappa shape index (κ1) is 10.1. The minimum atomic E-state index is -0.0221. The summed E-state index contributed by atoms with van der Waals surface area (Å²) in [5.41, 5.74) is 3.42. The van der Waals surface area contributed by atoms with E-state index in [1.807, 2.05) is 37.3 Å². The second kappa shape index (κ2) is 3.77. The van der Waals surface area contributed by atoms with E-state index in [0.29, 0.717) is 6.54 Å². The molecule has 1 aliphatic rings. The lowest BCUT2D eigenvalue weighted by molar-refractivity contribution is -0.123. The van der Waals surface area contributed by atoms with Crippen molar-refractivity contribution in [2.75, 3.05) is 0 Å². The van der Waals surface area contributed by atoms with Gasteiger partial charge in [0.15, 0.2) is 0 Å². The molecule has 0 saturated carbocycles. The van der Waals surface area contributed by atoms with E-state index in [1.54, 1.807) is 0 Å². The minimum absolute atomic E-state index is 0.0221. The molecule has 2 aromatic rings. The van der Waals surface area contributed by atoms with Gasteiger partial charge >= 0.3 is 0 Å². The highest BCUT2D eigenvalue weighted by Crippen LogP contribution is 2.26. The summed E-state index contributed by atoms with van der Waals surface area (Å²) >= 11 is 0. The Morgan fingerprint density at radius 3 is 2.71 bits per heavy atom. The quantitative estimate of drug-likeness (QED) is 0.793. The molecule has 1 atom stereocenters. The molecule has 86 valence electrons. The summed E-state index contributed by atoms with van der Waals surface area (Å²) in [5.74, 6) is 0.0747. The maximum absolute atomic E-state index is 11.7. The van der Waals surface area contributed by atoms with Gasteiger partial charge in [0.1, 0.15) is 6.54 Å². The van der Waals surface area contributed by atoms with Crippen LogP contribution in [0.25, 0.3) is 0 Å². The van der Waals surface area contributed by atoms with Crippen molar-refractivity contribution in [1.82, 2.24) is 9.88 Å². The van der Waals surface area contributed by atoms with Gasteiger partial charge in [-0.25, -0.2) is 0 Å². The first-order chi connectivity index (χ1) is 8.25. The number of rotatable bonds is 1. The van der Waals surface area contributed by atoms with Gasteiger partial charge in [-0.3, -0.25) is 4.79 Å². The van der Waals surface area contributed by atoms with Crippen molar-refractivity contribution in [2.45, 2.75) is 19.5 Å². The van der Waals surface area contributed by atoms with E-state index >= 15 is 0 Å². The van der Waals surface area contributed by atoms with Gasteiger partial charge < -0.3 is 9.88 Å². The van der Waals surface area contributed by atoms with Gasteiger partial charge in [-0.1, -0.05) is 30.3 Å². The van der Waals surface area contributed by atoms with Gasteiger partial charge in [-0.2, -0.15) is 0 Å². The third-order valence-corrected chi connectivity index (χ3v) is 3.27. The minimum Gasteiger partial charge on any atom is -0.342 e. The highest BCUT2D eigenvalue weighted by molar-refractivity contribution is 5.78. The van der Waals surface area contributed by atoms with Crippen LogP contribution in [0.5, 0.6) is 0 Å². The smallest absolute Gasteiger partial charge is 0.240 e. The molecule has 3 rings (SSSR count). The monoisotopic (exact) mass is 226 g/mol. The third-order valence-electron chi connectivity index (χ3n) is 3.27. The Bertz CT molecular complexity index is 557. The maximum Gasteiger partial charge on any atom is 0.240 e. The van der Waals surface area contributed by atoms with Crippen molar-refractivity contribution < 1.29 is 4.79 Å².